The van der Waals surface area contributed by atoms with Gasteiger partial charge in [-0.15, -0.1) is 0 Å². The summed E-state index contributed by atoms with van der Waals surface area (Å²) in [6.45, 7) is 3.80. The van der Waals surface area contributed by atoms with Crippen molar-refractivity contribution in [3.63, 3.8) is 0 Å². The monoisotopic (exact) mass is 379 g/mol. The Morgan fingerprint density at radius 1 is 0.862 bits per heavy atom. The van der Waals surface area contributed by atoms with Gasteiger partial charge in [-0.2, -0.15) is 0 Å². The van der Waals surface area contributed by atoms with Gasteiger partial charge in [0.25, 0.3) is 0 Å². The molecule has 2 nitrogen and oxygen atoms in total. The lowest BCUT2D eigenvalue weighted by Crippen LogP contribution is -1.95. The van der Waals surface area contributed by atoms with E-state index in [0.717, 1.165) is 44.3 Å². The van der Waals surface area contributed by atoms with E-state index in [1.54, 1.807) is 12.3 Å². The minimum Gasteiger partial charge on any atom is -0.456 e. The van der Waals surface area contributed by atoms with E-state index in [1.807, 2.05) is 62.4 Å². The SMILES string of the molecule is [2H]C([2H])(c1ccnc(-c2ccc3oc4cccc(-c5ccccc5)c4c3c2)c1)C(C)C. The molecule has 2 aromatic heterocycles. The van der Waals surface area contributed by atoms with E-state index in [1.165, 1.54) is 0 Å². The van der Waals surface area contributed by atoms with E-state index in [-0.39, 0.29) is 5.92 Å². The first-order valence-corrected chi connectivity index (χ1v) is 9.93. The summed E-state index contributed by atoms with van der Waals surface area (Å²) < 4.78 is 23.0. The van der Waals surface area contributed by atoms with Crippen LogP contribution in [-0.4, -0.2) is 4.98 Å². The standard InChI is InChI=1S/C27H23NO/c1-18(2)15-19-13-14-28-24(16-19)21-11-12-25-23(17-21)27-22(9-6-10-26(27)29-25)20-7-4-3-5-8-20/h3-14,16-18H,15H2,1-2H3/i15D2. The first-order valence-electron chi connectivity index (χ1n) is 10.9. The molecule has 5 aromatic rings. The van der Waals surface area contributed by atoms with Gasteiger partial charge >= 0.3 is 0 Å². The maximum absolute atomic E-state index is 8.44. The summed E-state index contributed by atoms with van der Waals surface area (Å²) in [5.41, 5.74) is 6.31. The second-order valence-corrected chi connectivity index (χ2v) is 7.59. The normalized spacial score (nSPS) is 13.1. The molecule has 0 aliphatic rings. The van der Waals surface area contributed by atoms with E-state index < -0.39 is 6.37 Å². The van der Waals surface area contributed by atoms with E-state index in [0.29, 0.717) is 5.56 Å². The second kappa shape index (κ2) is 7.21. The Morgan fingerprint density at radius 3 is 2.55 bits per heavy atom. The predicted octanol–water partition coefficient (Wildman–Crippen LogP) is 7.51. The van der Waals surface area contributed by atoms with Crippen molar-refractivity contribution in [3.8, 4) is 22.4 Å². The molecule has 3 aromatic carbocycles. The van der Waals surface area contributed by atoms with Crippen LogP contribution in [0.4, 0.5) is 0 Å². The first-order chi connectivity index (χ1) is 14.9. The van der Waals surface area contributed by atoms with Gasteiger partial charge in [-0.25, -0.2) is 0 Å². The fourth-order valence-electron chi connectivity index (χ4n) is 3.86. The average molecular weight is 379 g/mol. The Hall–Kier alpha value is -3.39. The molecule has 2 heterocycles. The van der Waals surface area contributed by atoms with Crippen molar-refractivity contribution in [3.05, 3.63) is 90.6 Å². The Balaban J connectivity index is 1.70. The van der Waals surface area contributed by atoms with Crippen LogP contribution in [-0.2, 0) is 6.37 Å². The van der Waals surface area contributed by atoms with Gasteiger partial charge in [0.1, 0.15) is 11.2 Å². The van der Waals surface area contributed by atoms with Crippen molar-refractivity contribution in [1.29, 1.82) is 0 Å². The van der Waals surface area contributed by atoms with Crippen molar-refractivity contribution in [2.75, 3.05) is 0 Å². The Morgan fingerprint density at radius 2 is 1.72 bits per heavy atom. The highest BCUT2D eigenvalue weighted by Crippen LogP contribution is 2.38. The van der Waals surface area contributed by atoms with E-state index in [4.69, 9.17) is 7.16 Å². The van der Waals surface area contributed by atoms with Crippen LogP contribution in [0.15, 0.2) is 89.5 Å². The fourth-order valence-corrected chi connectivity index (χ4v) is 3.86. The number of furan rings is 1. The quantitative estimate of drug-likeness (QED) is 0.323. The number of pyridine rings is 1. The third-order valence-corrected chi connectivity index (χ3v) is 5.09. The molecule has 0 bridgehead atoms. The number of benzene rings is 3. The number of fused-ring (bicyclic) bond motifs is 3. The van der Waals surface area contributed by atoms with Gasteiger partial charge in [0.05, 0.1) is 5.69 Å². The number of rotatable bonds is 4. The molecule has 0 saturated carbocycles. The lowest BCUT2D eigenvalue weighted by molar-refractivity contribution is 0.647. The van der Waals surface area contributed by atoms with E-state index >= 15 is 0 Å². The van der Waals surface area contributed by atoms with Gasteiger partial charge in [-0.05, 0) is 65.4 Å². The zero-order valence-corrected chi connectivity index (χ0v) is 16.5. The average Bonchev–Trinajstić information content (AvgIpc) is 3.17. The van der Waals surface area contributed by atoms with Crippen LogP contribution in [0.25, 0.3) is 44.3 Å². The van der Waals surface area contributed by atoms with Crippen LogP contribution in [0.5, 0.6) is 0 Å². The number of aromatic nitrogens is 1. The molecule has 0 unspecified atom stereocenters. The van der Waals surface area contributed by atoms with Gasteiger partial charge in [0.15, 0.2) is 0 Å². The summed E-state index contributed by atoms with van der Waals surface area (Å²) in [6, 6.07) is 26.2. The summed E-state index contributed by atoms with van der Waals surface area (Å²) in [5, 5.41) is 2.12. The third kappa shape index (κ3) is 3.31. The van der Waals surface area contributed by atoms with Gasteiger partial charge in [-0.3, -0.25) is 4.98 Å². The molecule has 142 valence electrons. The molecular formula is C27H23NO. The highest BCUT2D eigenvalue weighted by Gasteiger charge is 2.14. The van der Waals surface area contributed by atoms with Crippen LogP contribution < -0.4 is 0 Å². The molecule has 0 spiro atoms. The first kappa shape index (κ1) is 15.5. The molecular weight excluding hydrogens is 354 g/mol. The summed E-state index contributed by atoms with van der Waals surface area (Å²) in [4.78, 5) is 4.54. The fraction of sp³-hybridized carbons (Fsp3) is 0.148. The molecule has 0 fully saturated rings. The smallest absolute Gasteiger partial charge is 0.136 e. The van der Waals surface area contributed by atoms with Crippen molar-refractivity contribution in [2.45, 2.75) is 20.2 Å². The lowest BCUT2D eigenvalue weighted by Gasteiger charge is -2.07. The topological polar surface area (TPSA) is 26.0 Å². The van der Waals surface area contributed by atoms with Gasteiger partial charge in [-0.1, -0.05) is 56.3 Å². The van der Waals surface area contributed by atoms with Crippen LogP contribution in [0.2, 0.25) is 0 Å². The van der Waals surface area contributed by atoms with Crippen LogP contribution in [0.3, 0.4) is 0 Å². The maximum atomic E-state index is 8.44. The highest BCUT2D eigenvalue weighted by atomic mass is 16.3. The molecule has 0 aliphatic heterocycles. The highest BCUT2D eigenvalue weighted by molar-refractivity contribution is 6.13. The molecule has 0 aliphatic carbocycles. The van der Waals surface area contributed by atoms with Crippen molar-refractivity contribution < 1.29 is 7.16 Å². The molecule has 0 atom stereocenters. The van der Waals surface area contributed by atoms with Crippen molar-refractivity contribution >= 4 is 21.9 Å². The number of hydrogen-bond donors (Lipinski definition) is 0. The molecule has 0 amide bonds. The Labute approximate surface area is 173 Å². The van der Waals surface area contributed by atoms with Gasteiger partial charge in [0, 0.05) is 25.3 Å². The Bertz CT molecular complexity index is 1390. The molecule has 0 N–H and O–H groups in total. The van der Waals surface area contributed by atoms with Gasteiger partial charge < -0.3 is 4.42 Å². The molecule has 0 saturated heterocycles. The van der Waals surface area contributed by atoms with Crippen molar-refractivity contribution in [1.82, 2.24) is 4.98 Å². The lowest BCUT2D eigenvalue weighted by atomic mass is 9.97. The summed E-state index contributed by atoms with van der Waals surface area (Å²) in [6.07, 6.45) is 0.280. The zero-order valence-electron chi connectivity index (χ0n) is 18.5. The Kier molecular flexibility index (Phi) is 3.86. The van der Waals surface area contributed by atoms with E-state index in [9.17, 15) is 0 Å². The zero-order chi connectivity index (χ0) is 21.6. The van der Waals surface area contributed by atoms with Crippen LogP contribution in [0, 0.1) is 5.92 Å². The van der Waals surface area contributed by atoms with E-state index in [2.05, 4.69) is 29.2 Å². The minimum absolute atomic E-state index is 0.128. The molecule has 29 heavy (non-hydrogen) atoms. The predicted molar refractivity (Wildman–Crippen MR) is 121 cm³/mol. The van der Waals surface area contributed by atoms with Crippen molar-refractivity contribution in [2.24, 2.45) is 5.92 Å². The molecule has 5 rings (SSSR count). The van der Waals surface area contributed by atoms with Crippen LogP contribution in [0.1, 0.15) is 22.2 Å². The molecule has 2 heteroatoms. The maximum Gasteiger partial charge on any atom is 0.136 e. The summed E-state index contributed by atoms with van der Waals surface area (Å²) in [7, 11) is 0. The third-order valence-electron chi connectivity index (χ3n) is 5.09. The largest absolute Gasteiger partial charge is 0.456 e. The number of hydrogen-bond acceptors (Lipinski definition) is 2. The summed E-state index contributed by atoms with van der Waals surface area (Å²) in [5.74, 6) is -0.128. The molecule has 0 radical (unpaired) electrons. The minimum atomic E-state index is -1.41. The van der Waals surface area contributed by atoms with Crippen LogP contribution >= 0.6 is 0 Å². The summed E-state index contributed by atoms with van der Waals surface area (Å²) >= 11 is 0. The second-order valence-electron chi connectivity index (χ2n) is 7.59. The van der Waals surface area contributed by atoms with Gasteiger partial charge in [0.2, 0.25) is 0 Å². The number of nitrogens with zero attached hydrogens (tertiary/aromatic N) is 1.